The molecule has 0 saturated carbocycles. The summed E-state index contributed by atoms with van der Waals surface area (Å²) in [6.07, 6.45) is -6.14. The van der Waals surface area contributed by atoms with Crippen molar-refractivity contribution in [3.8, 4) is 0 Å². The minimum atomic E-state index is -3.27. The molecule has 79 heavy (non-hydrogen) atoms. The predicted molar refractivity (Wildman–Crippen MR) is 276 cm³/mol. The lowest BCUT2D eigenvalue weighted by Gasteiger charge is -2.38. The summed E-state index contributed by atoms with van der Waals surface area (Å²) < 4.78 is 89.1. The zero-order valence-corrected chi connectivity index (χ0v) is 45.8. The molecule has 0 amide bonds. The minimum absolute atomic E-state index is 0.0123. The van der Waals surface area contributed by atoms with E-state index < -0.39 is 101 Å². The van der Waals surface area contributed by atoms with Crippen LogP contribution in [0.5, 0.6) is 0 Å². The van der Waals surface area contributed by atoms with Gasteiger partial charge in [-0.25, -0.2) is 15.0 Å². The number of rotatable bonds is 23. The number of aromatic nitrogens is 12. The molecule has 8 heterocycles. The Bertz CT molecular complexity index is 3330. The van der Waals surface area contributed by atoms with Crippen LogP contribution < -0.4 is 33.9 Å². The zero-order chi connectivity index (χ0) is 58.0. The highest BCUT2D eigenvalue weighted by Crippen LogP contribution is 2.46. The van der Waals surface area contributed by atoms with Crippen LogP contribution in [0.4, 0.5) is 17.8 Å². The van der Waals surface area contributed by atoms with Crippen LogP contribution in [0.1, 0.15) is 13.8 Å². The number of nitrogens with zero attached hydrogens (tertiary/aromatic N) is 9. The molecule has 0 aliphatic carbocycles. The first kappa shape index (κ1) is 62.7. The van der Waals surface area contributed by atoms with Crippen molar-refractivity contribution in [1.82, 2.24) is 58.6 Å². The van der Waals surface area contributed by atoms with Crippen LogP contribution in [0.2, 0.25) is 0 Å². The lowest BCUT2D eigenvalue weighted by molar-refractivity contribution is -0.285. The molecule has 6 aromatic heterocycles. The molecule has 36 nitrogen and oxygen atoms in total. The number of aliphatic hydroxyl groups excluding tert-OH is 6. The average molecular weight is 1180 g/mol. The summed E-state index contributed by atoms with van der Waals surface area (Å²) >= 11 is 0. The predicted octanol–water partition coefficient (Wildman–Crippen LogP) is -2.98. The van der Waals surface area contributed by atoms with E-state index in [1.807, 2.05) is 0 Å². The Balaban J connectivity index is 0.000000193. The molecule has 2 aliphatic heterocycles. The summed E-state index contributed by atoms with van der Waals surface area (Å²) in [4.78, 5) is 66.2. The van der Waals surface area contributed by atoms with Crippen molar-refractivity contribution in [2.24, 2.45) is 0 Å². The van der Waals surface area contributed by atoms with Crippen molar-refractivity contribution in [3.05, 3.63) is 50.0 Å². The van der Waals surface area contributed by atoms with E-state index in [9.17, 15) is 48.5 Å². The maximum absolute atomic E-state index is 12.5. The van der Waals surface area contributed by atoms with Gasteiger partial charge < -0.3 is 94.5 Å². The highest BCUT2D eigenvalue weighted by molar-refractivity contribution is 7.58. The number of fused-ring (bicyclic) bond motifs is 3. The average Bonchev–Trinajstić information content (AvgIpc) is 4.20. The quantitative estimate of drug-likeness (QED) is 0.0173. The standard InChI is InChI=1S/C15H24N5O9P.C14H22N5O6P.C11H18N5O6P/c1-30(26,28-4-7-9(21)10(22)11(23)14(25)29-7)6-27-3-2-20-5-17-8-12(20)18-15(16)19-13(8)24;1-14(2)23-6-9(24-14)25-26(3,21)8-22-5-4-19-7-16-10-11(19)17-13(15)18-12(10)20;1-23(20,22-7(18)4-17)6-21-3-2-16-5-13-8-9(16)14-11(12)15-10(8)19/h5,7,9-11,14,21-23,25H,2-4,6H2,1H3,(H3,16,18,19,24);7,9H,4-6,8H2,1-3H3,(H3,15,17,18,20);5,7,17-18H,2-4,6H2,1H3,(H3,12,14,15,19)/t7-,9-,10+,11+,14?,30?;;/m1../s1. The van der Waals surface area contributed by atoms with Gasteiger partial charge in [0.1, 0.15) is 50.1 Å². The number of hydrogen-bond acceptors (Lipinski definition) is 30. The van der Waals surface area contributed by atoms with E-state index in [1.54, 1.807) is 27.5 Å². The fraction of sp³-hybridized carbons (Fsp3) is 0.625. The van der Waals surface area contributed by atoms with Gasteiger partial charge in [0, 0.05) is 39.6 Å². The van der Waals surface area contributed by atoms with Gasteiger partial charge >= 0.3 is 0 Å². The highest BCUT2D eigenvalue weighted by atomic mass is 31.2. The molecule has 0 spiro atoms. The number of ether oxygens (including phenoxy) is 6. The van der Waals surface area contributed by atoms with Crippen LogP contribution in [0.15, 0.2) is 33.4 Å². The third-order valence-electron chi connectivity index (χ3n) is 10.9. The van der Waals surface area contributed by atoms with Gasteiger partial charge in [-0.2, -0.15) is 15.0 Å². The summed E-state index contributed by atoms with van der Waals surface area (Å²) in [7, 11) is -9.46. The second kappa shape index (κ2) is 26.9. The molecule has 440 valence electrons. The van der Waals surface area contributed by atoms with Crippen LogP contribution in [0, 0.1) is 0 Å². The Labute approximate surface area is 445 Å². The Morgan fingerprint density at radius 1 is 0.684 bits per heavy atom. The molecule has 2 saturated heterocycles. The summed E-state index contributed by atoms with van der Waals surface area (Å²) in [5.74, 6) is -0.801. The number of nitrogens with two attached hydrogens (primary N) is 3. The topological polar surface area (TPSA) is 524 Å². The number of anilines is 3. The number of H-pyrrole nitrogens is 3. The van der Waals surface area contributed by atoms with Gasteiger partial charge in [-0.3, -0.25) is 52.1 Å². The second-order valence-electron chi connectivity index (χ2n) is 18.3. The van der Waals surface area contributed by atoms with Gasteiger partial charge in [0.15, 0.2) is 58.1 Å². The van der Waals surface area contributed by atoms with Crippen LogP contribution in [-0.2, 0) is 75.3 Å². The molecule has 2 fully saturated rings. The van der Waals surface area contributed by atoms with Gasteiger partial charge in [-0.1, -0.05) is 0 Å². The molecule has 6 unspecified atom stereocenters. The van der Waals surface area contributed by atoms with Crippen molar-refractivity contribution in [2.45, 2.75) is 82.6 Å². The summed E-state index contributed by atoms with van der Waals surface area (Å²) in [6.45, 7) is 8.19. The largest absolute Gasteiger partial charge is 0.391 e. The van der Waals surface area contributed by atoms with E-state index in [4.69, 9.17) is 69.4 Å². The summed E-state index contributed by atoms with van der Waals surface area (Å²) in [6, 6.07) is 0. The Morgan fingerprint density at radius 3 is 1.51 bits per heavy atom. The lowest BCUT2D eigenvalue weighted by atomic mass is 10.00. The number of nitrogen functional groups attached to an aromatic ring is 3. The Hall–Kier alpha value is -5.46. The van der Waals surface area contributed by atoms with Gasteiger partial charge in [-0.15, -0.1) is 0 Å². The zero-order valence-electron chi connectivity index (χ0n) is 43.2. The first-order valence-electron chi connectivity index (χ1n) is 23.6. The van der Waals surface area contributed by atoms with Crippen molar-refractivity contribution in [1.29, 1.82) is 0 Å². The van der Waals surface area contributed by atoms with E-state index in [0.717, 1.165) is 0 Å². The molecular formula is C40H64N15O21P3. The molecule has 10 atom stereocenters. The van der Waals surface area contributed by atoms with E-state index in [2.05, 4.69) is 44.9 Å². The molecule has 39 heteroatoms. The van der Waals surface area contributed by atoms with Gasteiger partial charge in [-0.05, 0) is 13.8 Å². The van der Waals surface area contributed by atoms with Crippen LogP contribution in [0.25, 0.3) is 33.5 Å². The molecule has 8 rings (SSSR count). The molecule has 0 bridgehead atoms. The first-order chi connectivity index (χ1) is 37.1. The Kier molecular flexibility index (Phi) is 21.3. The van der Waals surface area contributed by atoms with Crippen molar-refractivity contribution >= 4 is 73.4 Å². The molecule has 2 aliphatic rings. The van der Waals surface area contributed by atoms with Crippen LogP contribution in [-0.4, -0.2) is 217 Å². The number of aliphatic hydroxyl groups is 6. The van der Waals surface area contributed by atoms with Crippen molar-refractivity contribution in [3.63, 3.8) is 0 Å². The molecule has 0 aromatic carbocycles. The summed E-state index contributed by atoms with van der Waals surface area (Å²) in [5.41, 5.74) is 16.7. The third-order valence-corrected chi connectivity index (χ3v) is 14.9. The van der Waals surface area contributed by atoms with Gasteiger partial charge in [0.25, 0.3) is 16.7 Å². The third kappa shape index (κ3) is 17.8. The van der Waals surface area contributed by atoms with Crippen LogP contribution >= 0.6 is 22.1 Å². The number of aromatic amines is 3. The molecule has 6 aromatic rings. The molecular weight excluding hydrogens is 1120 g/mol. The SMILES string of the molecule is CC1(C)OCC(OP(C)(=O)COCCn2cnc3c(=O)[nH]c(N)nc32)O1.CP(=O)(COCCn1cnc2c(=O)[nH]c(N)nc21)OC(O)CO.CP(=O)(COCCn1cnc2c(=O)[nH]c(N)nc21)OC[C@H]1OC(O)[C@@H](O)[C@@H](O)[C@@H]1O. The fourth-order valence-electron chi connectivity index (χ4n) is 7.23. The normalized spacial score (nSPS) is 22.8. The van der Waals surface area contributed by atoms with Crippen molar-refractivity contribution < 1.29 is 86.3 Å². The first-order valence-corrected chi connectivity index (χ1v) is 30.4. The summed E-state index contributed by atoms with van der Waals surface area (Å²) in [5, 5.41) is 56.2. The van der Waals surface area contributed by atoms with Gasteiger partial charge in [0.05, 0.1) is 52.0 Å². The van der Waals surface area contributed by atoms with E-state index in [-0.39, 0.29) is 86.4 Å². The van der Waals surface area contributed by atoms with E-state index >= 15 is 0 Å². The lowest BCUT2D eigenvalue weighted by Crippen LogP contribution is -2.58. The number of hydrogen-bond donors (Lipinski definition) is 12. The van der Waals surface area contributed by atoms with Crippen LogP contribution in [0.3, 0.4) is 0 Å². The maximum atomic E-state index is 12.5. The number of imidazole rings is 3. The monoisotopic (exact) mass is 1180 g/mol. The highest BCUT2D eigenvalue weighted by Gasteiger charge is 2.44. The Morgan fingerprint density at radius 2 is 1.10 bits per heavy atom. The second-order valence-corrected chi connectivity index (χ2v) is 25.8. The smallest absolute Gasteiger partial charge is 0.280 e. The van der Waals surface area contributed by atoms with Gasteiger partial charge in [0.2, 0.25) is 40.0 Å². The fourth-order valence-corrected chi connectivity index (χ4v) is 10.4. The van der Waals surface area contributed by atoms with E-state index in [1.165, 1.54) is 39.0 Å². The van der Waals surface area contributed by atoms with E-state index in [0.29, 0.717) is 30.0 Å². The number of nitrogens with one attached hydrogen (secondary N) is 3. The molecule has 15 N–H and O–H groups in total. The minimum Gasteiger partial charge on any atom is -0.391 e. The molecule has 0 radical (unpaired) electrons. The maximum Gasteiger partial charge on any atom is 0.280 e. The van der Waals surface area contributed by atoms with Crippen molar-refractivity contribution in [2.75, 3.05) is 95.9 Å².